The van der Waals surface area contributed by atoms with E-state index < -0.39 is 11.9 Å². The number of rotatable bonds is 3. The lowest BCUT2D eigenvalue weighted by atomic mass is 10.0. The predicted molar refractivity (Wildman–Crippen MR) is 55.0 cm³/mol. The number of carbonyl (C=O) groups is 2. The third-order valence-electron chi connectivity index (χ3n) is 2.11. The number of hydrogen-bond donors (Lipinski definition) is 1. The Bertz CT molecular complexity index is 411. The van der Waals surface area contributed by atoms with Gasteiger partial charge in [-0.1, -0.05) is 6.07 Å². The van der Waals surface area contributed by atoms with Crippen LogP contribution in [0.15, 0.2) is 18.2 Å². The molecule has 0 bridgehead atoms. The molecule has 0 amide bonds. The van der Waals surface area contributed by atoms with Gasteiger partial charge in [-0.2, -0.15) is 0 Å². The molecule has 0 aliphatic heterocycles. The summed E-state index contributed by atoms with van der Waals surface area (Å²) in [4.78, 5) is 22.6. The number of carbonyl (C=O) groups excluding carboxylic acids is 2. The molecule has 0 saturated heterocycles. The first-order chi connectivity index (χ1) is 7.63. The summed E-state index contributed by atoms with van der Waals surface area (Å²) in [5.74, 6) is -1.15. The minimum Gasteiger partial charge on any atom is -0.465 e. The number of aliphatic hydroxyl groups excluding tert-OH is 1. The quantitative estimate of drug-likeness (QED) is 0.767. The molecule has 0 aliphatic rings. The zero-order valence-electron chi connectivity index (χ0n) is 9.02. The molecule has 0 atom stereocenters. The van der Waals surface area contributed by atoms with Gasteiger partial charge in [0.25, 0.3) is 0 Å². The highest BCUT2D eigenvalue weighted by Gasteiger charge is 2.15. The summed E-state index contributed by atoms with van der Waals surface area (Å²) >= 11 is 0. The fraction of sp³-hybridized carbons (Fsp3) is 0.273. The largest absolute Gasteiger partial charge is 0.465 e. The summed E-state index contributed by atoms with van der Waals surface area (Å²) in [5, 5.41) is 9.03. The van der Waals surface area contributed by atoms with Crippen molar-refractivity contribution in [3.05, 3.63) is 34.9 Å². The molecular formula is C11H12O5. The summed E-state index contributed by atoms with van der Waals surface area (Å²) in [5.41, 5.74) is 0.799. The summed E-state index contributed by atoms with van der Waals surface area (Å²) in [6, 6.07) is 4.30. The van der Waals surface area contributed by atoms with Crippen molar-refractivity contribution < 1.29 is 24.2 Å². The van der Waals surface area contributed by atoms with Crippen molar-refractivity contribution >= 4 is 11.9 Å². The van der Waals surface area contributed by atoms with Gasteiger partial charge in [0.2, 0.25) is 0 Å². The van der Waals surface area contributed by atoms with E-state index in [0.717, 1.165) is 0 Å². The van der Waals surface area contributed by atoms with E-state index in [9.17, 15) is 9.59 Å². The Labute approximate surface area is 92.6 Å². The second-order valence-corrected chi connectivity index (χ2v) is 3.01. The van der Waals surface area contributed by atoms with E-state index in [0.29, 0.717) is 5.56 Å². The normalized spacial score (nSPS) is 9.69. The molecule has 0 fully saturated rings. The van der Waals surface area contributed by atoms with Gasteiger partial charge in [0, 0.05) is 0 Å². The maximum atomic E-state index is 11.4. The molecule has 1 rings (SSSR count). The second kappa shape index (κ2) is 5.27. The minimum atomic E-state index is -0.602. The summed E-state index contributed by atoms with van der Waals surface area (Å²) in [7, 11) is 2.48. The Morgan fingerprint density at radius 3 is 2.31 bits per heavy atom. The Morgan fingerprint density at radius 2 is 1.81 bits per heavy atom. The smallest absolute Gasteiger partial charge is 0.338 e. The number of hydrogen-bond acceptors (Lipinski definition) is 5. The van der Waals surface area contributed by atoms with Crippen molar-refractivity contribution in [3.63, 3.8) is 0 Å². The van der Waals surface area contributed by atoms with Crippen molar-refractivity contribution in [1.82, 2.24) is 0 Å². The first-order valence-corrected chi connectivity index (χ1v) is 4.54. The zero-order chi connectivity index (χ0) is 12.1. The number of aliphatic hydroxyl groups is 1. The van der Waals surface area contributed by atoms with Gasteiger partial charge in [0.05, 0.1) is 32.0 Å². The second-order valence-electron chi connectivity index (χ2n) is 3.01. The highest BCUT2D eigenvalue weighted by atomic mass is 16.5. The fourth-order valence-electron chi connectivity index (χ4n) is 1.26. The highest BCUT2D eigenvalue weighted by molar-refractivity contribution is 5.96. The van der Waals surface area contributed by atoms with Crippen LogP contribution in [0.25, 0.3) is 0 Å². The average molecular weight is 224 g/mol. The standard InChI is InChI=1S/C11H12O5/c1-15-10(13)7-3-4-8(6-12)9(5-7)11(14)16-2/h3-5,12H,6H2,1-2H3. The third kappa shape index (κ3) is 2.38. The maximum absolute atomic E-state index is 11.4. The van der Waals surface area contributed by atoms with Crippen LogP contribution in [0.3, 0.4) is 0 Å². The van der Waals surface area contributed by atoms with Crippen LogP contribution in [0.5, 0.6) is 0 Å². The van der Waals surface area contributed by atoms with Crippen LogP contribution >= 0.6 is 0 Å². The van der Waals surface area contributed by atoms with Crippen molar-refractivity contribution in [3.8, 4) is 0 Å². The molecule has 0 spiro atoms. The Kier molecular flexibility index (Phi) is 4.02. The molecule has 0 unspecified atom stereocenters. The summed E-state index contributed by atoms with van der Waals surface area (Å²) in [6.45, 7) is -0.300. The fourth-order valence-corrected chi connectivity index (χ4v) is 1.26. The molecule has 1 aromatic carbocycles. The van der Waals surface area contributed by atoms with Gasteiger partial charge >= 0.3 is 11.9 Å². The average Bonchev–Trinajstić information content (AvgIpc) is 2.35. The van der Waals surface area contributed by atoms with Gasteiger partial charge in [0.15, 0.2) is 0 Å². The van der Waals surface area contributed by atoms with Crippen molar-refractivity contribution in [2.45, 2.75) is 6.61 Å². The molecule has 86 valence electrons. The van der Waals surface area contributed by atoms with Crippen LogP contribution in [-0.4, -0.2) is 31.3 Å². The first kappa shape index (κ1) is 12.2. The van der Waals surface area contributed by atoms with Gasteiger partial charge in [0.1, 0.15) is 0 Å². The molecule has 5 nitrogen and oxygen atoms in total. The zero-order valence-corrected chi connectivity index (χ0v) is 9.02. The van der Waals surface area contributed by atoms with E-state index >= 15 is 0 Å². The van der Waals surface area contributed by atoms with Crippen molar-refractivity contribution in [2.24, 2.45) is 0 Å². The van der Waals surface area contributed by atoms with Gasteiger partial charge in [-0.25, -0.2) is 9.59 Å². The molecular weight excluding hydrogens is 212 g/mol. The lowest BCUT2D eigenvalue weighted by Crippen LogP contribution is -2.09. The maximum Gasteiger partial charge on any atom is 0.338 e. The van der Waals surface area contributed by atoms with Gasteiger partial charge in [-0.15, -0.1) is 0 Å². The van der Waals surface area contributed by atoms with Crippen molar-refractivity contribution in [1.29, 1.82) is 0 Å². The third-order valence-corrected chi connectivity index (χ3v) is 2.11. The van der Waals surface area contributed by atoms with Crippen LogP contribution in [0.2, 0.25) is 0 Å². The SMILES string of the molecule is COC(=O)c1ccc(CO)c(C(=O)OC)c1. The number of ether oxygens (including phenoxy) is 2. The van der Waals surface area contributed by atoms with Crippen LogP contribution in [-0.2, 0) is 16.1 Å². The van der Waals surface area contributed by atoms with E-state index in [2.05, 4.69) is 9.47 Å². The van der Waals surface area contributed by atoms with Gasteiger partial charge in [-0.05, 0) is 17.7 Å². The Morgan fingerprint density at radius 1 is 1.19 bits per heavy atom. The van der Waals surface area contributed by atoms with E-state index in [-0.39, 0.29) is 17.7 Å². The number of benzene rings is 1. The Balaban J connectivity index is 3.21. The molecule has 16 heavy (non-hydrogen) atoms. The molecule has 0 aromatic heterocycles. The topological polar surface area (TPSA) is 72.8 Å². The first-order valence-electron chi connectivity index (χ1n) is 4.54. The molecule has 0 radical (unpaired) electrons. The van der Waals surface area contributed by atoms with Crippen LogP contribution in [0.4, 0.5) is 0 Å². The molecule has 1 N–H and O–H groups in total. The lowest BCUT2D eigenvalue weighted by molar-refractivity contribution is 0.0596. The van der Waals surface area contributed by atoms with Gasteiger partial charge in [-0.3, -0.25) is 0 Å². The molecule has 0 aliphatic carbocycles. The van der Waals surface area contributed by atoms with E-state index in [1.807, 2.05) is 0 Å². The van der Waals surface area contributed by atoms with Crippen LogP contribution in [0.1, 0.15) is 26.3 Å². The molecule has 1 aromatic rings. The van der Waals surface area contributed by atoms with Crippen LogP contribution in [0, 0.1) is 0 Å². The molecule has 0 heterocycles. The van der Waals surface area contributed by atoms with Gasteiger partial charge < -0.3 is 14.6 Å². The highest BCUT2D eigenvalue weighted by Crippen LogP contribution is 2.14. The monoisotopic (exact) mass is 224 g/mol. The van der Waals surface area contributed by atoms with E-state index in [1.54, 1.807) is 0 Å². The molecule has 5 heteroatoms. The number of esters is 2. The lowest BCUT2D eigenvalue weighted by Gasteiger charge is -2.07. The minimum absolute atomic E-state index is 0.160. The number of methoxy groups -OCH3 is 2. The van der Waals surface area contributed by atoms with Crippen molar-refractivity contribution in [2.75, 3.05) is 14.2 Å². The van der Waals surface area contributed by atoms with Crippen LogP contribution < -0.4 is 0 Å². The summed E-state index contributed by atoms with van der Waals surface area (Å²) < 4.78 is 9.07. The predicted octanol–water partition coefficient (Wildman–Crippen LogP) is 0.752. The van der Waals surface area contributed by atoms with E-state index in [1.165, 1.54) is 32.4 Å². The molecule has 0 saturated carbocycles. The summed E-state index contributed by atoms with van der Waals surface area (Å²) in [6.07, 6.45) is 0. The van der Waals surface area contributed by atoms with E-state index in [4.69, 9.17) is 5.11 Å². The Hall–Kier alpha value is -1.88.